The normalized spacial score (nSPS) is 11.5. The molecule has 12 heteroatoms. The summed E-state index contributed by atoms with van der Waals surface area (Å²) in [6, 6.07) is 4.83. The van der Waals surface area contributed by atoms with Crippen LogP contribution in [0.25, 0.3) is 28.0 Å². The molecule has 0 bridgehead atoms. The molecule has 3 heterocycles. The van der Waals surface area contributed by atoms with Crippen LogP contribution >= 0.6 is 11.6 Å². The lowest BCUT2D eigenvalue weighted by atomic mass is 10.1. The lowest BCUT2D eigenvalue weighted by Gasteiger charge is -2.16. The summed E-state index contributed by atoms with van der Waals surface area (Å²) >= 11 is 6.23. The van der Waals surface area contributed by atoms with Crippen LogP contribution in [0, 0.1) is 28.7 Å². The lowest BCUT2D eigenvalue weighted by molar-refractivity contribution is -0.386. The van der Waals surface area contributed by atoms with Crippen molar-refractivity contribution in [2.75, 3.05) is 7.11 Å². The van der Waals surface area contributed by atoms with Gasteiger partial charge in [-0.25, -0.2) is 13.8 Å². The van der Waals surface area contributed by atoms with Gasteiger partial charge in [0.25, 0.3) is 0 Å². The number of halogens is 3. The average molecular weight is 504 g/mol. The van der Waals surface area contributed by atoms with Crippen LogP contribution in [0.15, 0.2) is 29.1 Å². The third-order valence-corrected chi connectivity index (χ3v) is 6.11. The van der Waals surface area contributed by atoms with E-state index in [9.17, 15) is 19.3 Å². The first-order valence-corrected chi connectivity index (χ1v) is 10.8. The summed E-state index contributed by atoms with van der Waals surface area (Å²) in [4.78, 5) is 28.6. The van der Waals surface area contributed by atoms with Gasteiger partial charge in [0.2, 0.25) is 0 Å². The van der Waals surface area contributed by atoms with Crippen molar-refractivity contribution in [2.45, 2.75) is 26.7 Å². The highest BCUT2D eigenvalue weighted by Gasteiger charge is 2.31. The van der Waals surface area contributed by atoms with Gasteiger partial charge in [-0.1, -0.05) is 31.5 Å². The third kappa shape index (κ3) is 3.72. The van der Waals surface area contributed by atoms with Gasteiger partial charge in [0.05, 0.1) is 34.7 Å². The van der Waals surface area contributed by atoms with E-state index in [1.54, 1.807) is 14.0 Å². The van der Waals surface area contributed by atoms with E-state index in [0.717, 1.165) is 16.7 Å². The molecule has 0 spiro atoms. The number of ether oxygens (including phenoxy) is 1. The van der Waals surface area contributed by atoms with Crippen LogP contribution in [0.1, 0.15) is 31.2 Å². The van der Waals surface area contributed by atoms with Crippen LogP contribution in [0.3, 0.4) is 0 Å². The summed E-state index contributed by atoms with van der Waals surface area (Å²) < 4.78 is 37.8. The lowest BCUT2D eigenvalue weighted by Crippen LogP contribution is -2.24. The Morgan fingerprint density at radius 1 is 1.23 bits per heavy atom. The van der Waals surface area contributed by atoms with Gasteiger partial charge < -0.3 is 4.74 Å². The fourth-order valence-corrected chi connectivity index (χ4v) is 4.26. The summed E-state index contributed by atoms with van der Waals surface area (Å²) in [5.74, 6) is -1.99. The van der Waals surface area contributed by atoms with Crippen LogP contribution in [-0.4, -0.2) is 31.4 Å². The van der Waals surface area contributed by atoms with Crippen LogP contribution in [0.2, 0.25) is 5.02 Å². The first-order chi connectivity index (χ1) is 16.5. The Morgan fingerprint density at radius 3 is 2.51 bits per heavy atom. The molecule has 0 N–H and O–H groups in total. The first-order valence-electron chi connectivity index (χ1n) is 10.4. The number of fused-ring (bicyclic) bond motifs is 1. The molecule has 0 fully saturated rings. The Bertz CT molecular complexity index is 1580. The van der Waals surface area contributed by atoms with E-state index in [-0.39, 0.29) is 34.0 Å². The van der Waals surface area contributed by atoms with E-state index >= 15 is 4.39 Å². The van der Waals surface area contributed by atoms with Gasteiger partial charge in [-0.05, 0) is 31.0 Å². The van der Waals surface area contributed by atoms with E-state index in [0.29, 0.717) is 11.4 Å². The minimum Gasteiger partial charge on any atom is -0.496 e. The second kappa shape index (κ2) is 8.73. The zero-order chi connectivity index (χ0) is 25.8. The molecule has 182 valence electrons. The average Bonchev–Trinajstić information content (AvgIpc) is 3.08. The number of methoxy groups -OCH3 is 1. The highest BCUT2D eigenvalue weighted by molar-refractivity contribution is 6.37. The van der Waals surface area contributed by atoms with Crippen molar-refractivity contribution < 1.29 is 18.4 Å². The molecule has 0 unspecified atom stereocenters. The van der Waals surface area contributed by atoms with Gasteiger partial charge in [0, 0.05) is 12.4 Å². The second-order valence-electron chi connectivity index (χ2n) is 8.16. The van der Waals surface area contributed by atoms with E-state index in [4.69, 9.17) is 16.3 Å². The Labute approximate surface area is 202 Å². The molecule has 0 radical (unpaired) electrons. The quantitative estimate of drug-likeness (QED) is 0.278. The number of hydrogen-bond acceptors (Lipinski definition) is 6. The molecule has 0 amide bonds. The molecular formula is C23H20ClF2N5O4. The highest BCUT2D eigenvalue weighted by Crippen LogP contribution is 2.38. The van der Waals surface area contributed by atoms with E-state index in [1.807, 2.05) is 13.8 Å². The molecule has 0 aliphatic heterocycles. The number of aromatic nitrogens is 4. The first kappa shape index (κ1) is 24.3. The van der Waals surface area contributed by atoms with Gasteiger partial charge in [0.1, 0.15) is 27.9 Å². The maximum atomic E-state index is 15.3. The van der Waals surface area contributed by atoms with Gasteiger partial charge in [-0.3, -0.25) is 24.2 Å². The van der Waals surface area contributed by atoms with E-state index in [2.05, 4.69) is 10.1 Å². The summed E-state index contributed by atoms with van der Waals surface area (Å²) in [7, 11) is 2.95. The zero-order valence-corrected chi connectivity index (χ0v) is 20.1. The van der Waals surface area contributed by atoms with E-state index < -0.39 is 38.5 Å². The van der Waals surface area contributed by atoms with E-state index in [1.165, 1.54) is 23.9 Å². The standard InChI is InChI=1S/C23H20ClF2N5O4/c1-10(2)18-20(11(3)29(4)28-18)30-22-12(17(24)21(23(30)32)31(33)34)9-14(26)19(27-22)16-13(25)7-6-8-15(16)35-5/h6-10H,1-5H3. The van der Waals surface area contributed by atoms with Crippen molar-refractivity contribution in [3.05, 3.63) is 72.8 Å². The maximum Gasteiger partial charge on any atom is 0.353 e. The number of nitrogens with zero attached hydrogens (tertiary/aromatic N) is 5. The predicted molar refractivity (Wildman–Crippen MR) is 127 cm³/mol. The molecular weight excluding hydrogens is 484 g/mol. The molecule has 4 rings (SSSR count). The number of pyridine rings is 2. The molecule has 3 aromatic heterocycles. The molecule has 0 saturated heterocycles. The van der Waals surface area contributed by atoms with Crippen molar-refractivity contribution in [1.82, 2.24) is 19.3 Å². The van der Waals surface area contributed by atoms with Gasteiger partial charge in [-0.15, -0.1) is 0 Å². The number of aryl methyl sites for hydroxylation is 1. The molecule has 4 aromatic rings. The van der Waals surface area contributed by atoms with Crippen LogP contribution in [0.5, 0.6) is 5.75 Å². The Morgan fingerprint density at radius 2 is 1.91 bits per heavy atom. The van der Waals surface area contributed by atoms with Crippen molar-refractivity contribution in [2.24, 2.45) is 7.05 Å². The Hall–Kier alpha value is -3.86. The predicted octanol–water partition coefficient (Wildman–Crippen LogP) is 5.07. The number of hydrogen-bond donors (Lipinski definition) is 0. The Balaban J connectivity index is 2.26. The maximum absolute atomic E-state index is 15.3. The van der Waals surface area contributed by atoms with Crippen molar-refractivity contribution in [1.29, 1.82) is 0 Å². The van der Waals surface area contributed by atoms with Gasteiger partial charge in [-0.2, -0.15) is 5.10 Å². The Kier molecular flexibility index (Phi) is 6.05. The topological polar surface area (TPSA) is 105 Å². The van der Waals surface area contributed by atoms with Crippen molar-refractivity contribution in [3.63, 3.8) is 0 Å². The largest absolute Gasteiger partial charge is 0.496 e. The van der Waals surface area contributed by atoms with Crippen LogP contribution < -0.4 is 10.3 Å². The molecule has 0 aliphatic rings. The molecule has 9 nitrogen and oxygen atoms in total. The molecule has 0 aliphatic carbocycles. The summed E-state index contributed by atoms with van der Waals surface area (Å²) in [6.45, 7) is 5.36. The number of rotatable bonds is 5. The number of nitro groups is 1. The summed E-state index contributed by atoms with van der Waals surface area (Å²) in [5, 5.41) is 15.5. The van der Waals surface area contributed by atoms with Crippen molar-refractivity contribution in [3.8, 4) is 22.7 Å². The molecule has 35 heavy (non-hydrogen) atoms. The van der Waals surface area contributed by atoms with Crippen LogP contribution in [0.4, 0.5) is 14.5 Å². The fourth-order valence-electron chi connectivity index (χ4n) is 3.97. The molecule has 0 atom stereocenters. The molecule has 1 aromatic carbocycles. The highest BCUT2D eigenvalue weighted by atomic mass is 35.5. The third-order valence-electron chi connectivity index (χ3n) is 5.73. The summed E-state index contributed by atoms with van der Waals surface area (Å²) in [5.41, 5.74) is -1.70. The summed E-state index contributed by atoms with van der Waals surface area (Å²) in [6.07, 6.45) is 0. The SMILES string of the molecule is COc1cccc(F)c1-c1nc2c(cc1F)c(Cl)c([N+](=O)[O-])c(=O)n2-c1c(C(C)C)nn(C)c1C. The minimum atomic E-state index is -1.07. The minimum absolute atomic E-state index is 0.0121. The van der Waals surface area contributed by atoms with Gasteiger partial charge in [0.15, 0.2) is 5.82 Å². The monoisotopic (exact) mass is 503 g/mol. The second-order valence-corrected chi connectivity index (χ2v) is 8.54. The molecule has 0 saturated carbocycles. The number of benzene rings is 1. The fraction of sp³-hybridized carbons (Fsp3) is 0.261. The van der Waals surface area contributed by atoms with Gasteiger partial charge >= 0.3 is 11.2 Å². The van der Waals surface area contributed by atoms with Crippen LogP contribution in [-0.2, 0) is 7.05 Å². The zero-order valence-electron chi connectivity index (χ0n) is 19.4. The smallest absolute Gasteiger partial charge is 0.353 e. The van der Waals surface area contributed by atoms with Crippen molar-refractivity contribution >= 4 is 28.3 Å².